The molecular formula is C33H38Cl2F3N3O4. The van der Waals surface area contributed by atoms with E-state index in [2.05, 4.69) is 26.1 Å². The zero-order valence-electron chi connectivity index (χ0n) is 25.7. The standard InChI is InChI=1S/C33H38Cl2F3N3O4/c1-19(15-27(42)43)39-29(44)21-7-5-20(6-8-21)26(11-14-33(36,37)38)41-30(45)28(22-16-24(34)18-25(35)17-22)40-32(41)12-9-23(10-13-32)31(2,3)4/h5-8,16-19,23,26H,9-15H2,1-4H3,(H,39,44)(H,42,43)/t19-,23?,26?,32?/m1/s1. The number of aliphatic imine (C=N–C) groups is 1. The lowest BCUT2D eigenvalue weighted by molar-refractivity contribution is -0.147. The Morgan fingerprint density at radius 1 is 1.07 bits per heavy atom. The smallest absolute Gasteiger partial charge is 0.389 e. The van der Waals surface area contributed by atoms with Crippen LogP contribution in [0.25, 0.3) is 0 Å². The van der Waals surface area contributed by atoms with Gasteiger partial charge in [0.15, 0.2) is 0 Å². The zero-order valence-corrected chi connectivity index (χ0v) is 27.2. The fraction of sp³-hybridized carbons (Fsp3) is 0.515. The molecule has 2 aromatic carbocycles. The van der Waals surface area contributed by atoms with Gasteiger partial charge >= 0.3 is 12.1 Å². The monoisotopic (exact) mass is 667 g/mol. The molecule has 0 radical (unpaired) electrons. The van der Waals surface area contributed by atoms with E-state index in [0.29, 0.717) is 39.9 Å². The molecule has 4 rings (SSSR count). The van der Waals surface area contributed by atoms with Crippen LogP contribution in [0.4, 0.5) is 13.2 Å². The molecule has 0 bridgehead atoms. The fourth-order valence-corrected chi connectivity index (χ4v) is 6.97. The highest BCUT2D eigenvalue weighted by atomic mass is 35.5. The molecule has 244 valence electrons. The van der Waals surface area contributed by atoms with Gasteiger partial charge in [-0.1, -0.05) is 56.1 Å². The van der Waals surface area contributed by atoms with E-state index in [9.17, 15) is 27.6 Å². The summed E-state index contributed by atoms with van der Waals surface area (Å²) in [6, 6.07) is 9.10. The summed E-state index contributed by atoms with van der Waals surface area (Å²) in [6.45, 7) is 8.03. The SMILES string of the molecule is C[C@H](CC(=O)O)NC(=O)c1ccc(C(CCC(F)(F)F)N2C(=O)C(c3cc(Cl)cc(Cl)c3)=NC23CCC(C(C)(C)C)CC3)cc1. The molecule has 1 heterocycles. The van der Waals surface area contributed by atoms with Crippen molar-refractivity contribution >= 4 is 46.7 Å². The Morgan fingerprint density at radius 2 is 1.64 bits per heavy atom. The molecule has 1 spiro atoms. The molecule has 1 saturated carbocycles. The third-order valence-corrected chi connectivity index (χ3v) is 9.20. The normalized spacial score (nSPS) is 21.9. The minimum Gasteiger partial charge on any atom is -0.481 e. The van der Waals surface area contributed by atoms with Gasteiger partial charge in [-0.25, -0.2) is 0 Å². The molecule has 0 aromatic heterocycles. The van der Waals surface area contributed by atoms with E-state index in [-0.39, 0.29) is 23.1 Å². The maximum absolute atomic E-state index is 14.3. The van der Waals surface area contributed by atoms with Gasteiger partial charge in [0.25, 0.3) is 11.8 Å². The van der Waals surface area contributed by atoms with Crippen molar-refractivity contribution < 1.29 is 32.7 Å². The molecule has 0 saturated heterocycles. The Labute approximate surface area is 271 Å². The second-order valence-electron chi connectivity index (χ2n) is 13.2. The summed E-state index contributed by atoms with van der Waals surface area (Å²) in [5, 5.41) is 12.2. The predicted octanol–water partition coefficient (Wildman–Crippen LogP) is 8.23. The largest absolute Gasteiger partial charge is 0.481 e. The summed E-state index contributed by atoms with van der Waals surface area (Å²) in [5.41, 5.74) is 0.0887. The lowest BCUT2D eigenvalue weighted by atomic mass is 9.69. The van der Waals surface area contributed by atoms with Crippen LogP contribution in [0.2, 0.25) is 10.0 Å². The van der Waals surface area contributed by atoms with Gasteiger partial charge in [0.2, 0.25) is 0 Å². The summed E-state index contributed by atoms with van der Waals surface area (Å²) < 4.78 is 41.1. The highest BCUT2D eigenvalue weighted by molar-refractivity contribution is 6.47. The molecule has 2 N–H and O–H groups in total. The number of alkyl halides is 3. The summed E-state index contributed by atoms with van der Waals surface area (Å²) in [6.07, 6.45) is -3.84. The van der Waals surface area contributed by atoms with Crippen molar-refractivity contribution in [2.75, 3.05) is 0 Å². The van der Waals surface area contributed by atoms with Crippen LogP contribution in [0, 0.1) is 11.3 Å². The van der Waals surface area contributed by atoms with Crippen molar-refractivity contribution in [2.45, 2.75) is 96.6 Å². The molecule has 1 aliphatic heterocycles. The van der Waals surface area contributed by atoms with Gasteiger partial charge < -0.3 is 15.3 Å². The number of carboxylic acids is 1. The molecule has 2 amide bonds. The van der Waals surface area contributed by atoms with Crippen molar-refractivity contribution in [1.82, 2.24) is 10.2 Å². The van der Waals surface area contributed by atoms with Gasteiger partial charge in [0.05, 0.1) is 12.5 Å². The Hall–Kier alpha value is -3.11. The first-order valence-corrected chi connectivity index (χ1v) is 15.7. The number of nitrogens with one attached hydrogen (secondary N) is 1. The van der Waals surface area contributed by atoms with Crippen LogP contribution in [0.3, 0.4) is 0 Å². The first-order chi connectivity index (χ1) is 20.9. The number of carboxylic acid groups (broad SMARTS) is 1. The number of benzene rings is 2. The first kappa shape index (κ1) is 34.8. The summed E-state index contributed by atoms with van der Waals surface area (Å²) >= 11 is 12.5. The zero-order chi connectivity index (χ0) is 33.3. The Kier molecular flexibility index (Phi) is 10.3. The topological polar surface area (TPSA) is 99.1 Å². The third-order valence-electron chi connectivity index (χ3n) is 8.77. The molecule has 1 unspecified atom stereocenters. The molecule has 1 fully saturated rings. The lowest BCUT2D eigenvalue weighted by Crippen LogP contribution is -2.51. The minimum atomic E-state index is -4.47. The number of nitrogens with zero attached hydrogens (tertiary/aromatic N) is 2. The van der Waals surface area contributed by atoms with Crippen LogP contribution in [-0.4, -0.2) is 51.4 Å². The van der Waals surface area contributed by atoms with Crippen LogP contribution in [0.15, 0.2) is 47.5 Å². The number of carbonyl (C=O) groups excluding carboxylic acids is 2. The number of rotatable bonds is 9. The van der Waals surface area contributed by atoms with E-state index in [1.54, 1.807) is 31.2 Å². The van der Waals surface area contributed by atoms with Crippen molar-refractivity contribution in [3.63, 3.8) is 0 Å². The van der Waals surface area contributed by atoms with Crippen molar-refractivity contribution in [2.24, 2.45) is 16.3 Å². The summed E-state index contributed by atoms with van der Waals surface area (Å²) in [4.78, 5) is 44.5. The van der Waals surface area contributed by atoms with E-state index in [1.807, 2.05) is 0 Å². The molecule has 2 aromatic rings. The van der Waals surface area contributed by atoms with E-state index in [4.69, 9.17) is 33.3 Å². The van der Waals surface area contributed by atoms with E-state index in [0.717, 1.165) is 12.8 Å². The number of carbonyl (C=O) groups is 3. The second-order valence-corrected chi connectivity index (χ2v) is 14.1. The van der Waals surface area contributed by atoms with Gasteiger partial charge in [0.1, 0.15) is 11.4 Å². The van der Waals surface area contributed by atoms with Crippen LogP contribution < -0.4 is 5.32 Å². The average Bonchev–Trinajstić information content (AvgIpc) is 3.18. The average molecular weight is 669 g/mol. The lowest BCUT2D eigenvalue weighted by Gasteiger charge is -2.47. The molecule has 2 aliphatic rings. The van der Waals surface area contributed by atoms with E-state index < -0.39 is 54.5 Å². The maximum Gasteiger partial charge on any atom is 0.389 e. The highest BCUT2D eigenvalue weighted by Gasteiger charge is 2.53. The van der Waals surface area contributed by atoms with Gasteiger partial charge in [-0.05, 0) is 86.3 Å². The Balaban J connectivity index is 1.75. The molecule has 12 heteroatoms. The molecule has 1 aliphatic carbocycles. The number of aliphatic carboxylic acids is 1. The van der Waals surface area contributed by atoms with E-state index >= 15 is 0 Å². The third kappa shape index (κ3) is 8.38. The van der Waals surface area contributed by atoms with Crippen molar-refractivity contribution in [1.29, 1.82) is 0 Å². The maximum atomic E-state index is 14.3. The Bertz CT molecular complexity index is 1440. The summed E-state index contributed by atoms with van der Waals surface area (Å²) in [5.74, 6) is -1.73. The number of amides is 2. The molecule has 2 atom stereocenters. The number of hydrogen-bond acceptors (Lipinski definition) is 4. The van der Waals surface area contributed by atoms with Gasteiger partial charge in [-0.15, -0.1) is 0 Å². The van der Waals surface area contributed by atoms with Crippen LogP contribution in [0.1, 0.15) is 100 Å². The number of hydrogen-bond donors (Lipinski definition) is 2. The minimum absolute atomic E-state index is 0.0101. The van der Waals surface area contributed by atoms with Crippen molar-refractivity contribution in [3.05, 3.63) is 69.2 Å². The number of halogens is 5. The Morgan fingerprint density at radius 3 is 2.16 bits per heavy atom. The van der Waals surface area contributed by atoms with E-state index in [1.165, 1.54) is 23.1 Å². The van der Waals surface area contributed by atoms with Gasteiger partial charge in [0, 0.05) is 33.6 Å². The summed E-state index contributed by atoms with van der Waals surface area (Å²) in [7, 11) is 0. The first-order valence-electron chi connectivity index (χ1n) is 15.0. The van der Waals surface area contributed by atoms with Crippen molar-refractivity contribution in [3.8, 4) is 0 Å². The van der Waals surface area contributed by atoms with Crippen LogP contribution >= 0.6 is 23.2 Å². The quantitative estimate of drug-likeness (QED) is 0.281. The molecule has 45 heavy (non-hydrogen) atoms. The van der Waals surface area contributed by atoms with Crippen LogP contribution in [-0.2, 0) is 9.59 Å². The van der Waals surface area contributed by atoms with Gasteiger partial charge in [-0.3, -0.25) is 19.4 Å². The molecular weight excluding hydrogens is 630 g/mol. The van der Waals surface area contributed by atoms with Gasteiger partial charge in [-0.2, -0.15) is 13.2 Å². The highest BCUT2D eigenvalue weighted by Crippen LogP contribution is 2.50. The van der Waals surface area contributed by atoms with Crippen LogP contribution in [0.5, 0.6) is 0 Å². The fourth-order valence-electron chi connectivity index (χ4n) is 6.44. The predicted molar refractivity (Wildman–Crippen MR) is 168 cm³/mol. The second kappa shape index (κ2) is 13.3. The molecule has 7 nitrogen and oxygen atoms in total.